The third-order valence-corrected chi connectivity index (χ3v) is 4.33. The fourth-order valence-corrected chi connectivity index (χ4v) is 2.91. The number of benzene rings is 1. The van der Waals surface area contributed by atoms with Crippen LogP contribution in [0, 0.1) is 0 Å². The predicted octanol–water partition coefficient (Wildman–Crippen LogP) is 3.03. The highest BCUT2D eigenvalue weighted by molar-refractivity contribution is 8.13. The molecule has 2 N–H and O–H groups in total. The SMILES string of the molecule is CNc1ccccc1CSC1=NC(=S)C(C)(C)N1. The lowest BCUT2D eigenvalue weighted by Crippen LogP contribution is -2.40. The summed E-state index contributed by atoms with van der Waals surface area (Å²) in [6, 6.07) is 8.28. The summed E-state index contributed by atoms with van der Waals surface area (Å²) in [5, 5.41) is 7.45. The number of thiocarbonyl (C=S) groups is 1. The van der Waals surface area contributed by atoms with Gasteiger partial charge in [-0.25, -0.2) is 4.99 Å². The largest absolute Gasteiger partial charge is 0.388 e. The van der Waals surface area contributed by atoms with Crippen LogP contribution in [0.5, 0.6) is 0 Å². The van der Waals surface area contributed by atoms with Crippen LogP contribution in [0.2, 0.25) is 0 Å². The van der Waals surface area contributed by atoms with Crippen molar-refractivity contribution in [2.24, 2.45) is 4.99 Å². The summed E-state index contributed by atoms with van der Waals surface area (Å²) in [5.41, 5.74) is 2.23. The van der Waals surface area contributed by atoms with Crippen molar-refractivity contribution < 1.29 is 0 Å². The summed E-state index contributed by atoms with van der Waals surface area (Å²) in [6.07, 6.45) is 0. The van der Waals surface area contributed by atoms with E-state index in [0.29, 0.717) is 0 Å². The van der Waals surface area contributed by atoms with Crippen LogP contribution in [0.4, 0.5) is 5.69 Å². The van der Waals surface area contributed by atoms with Crippen molar-refractivity contribution in [3.63, 3.8) is 0 Å². The summed E-state index contributed by atoms with van der Waals surface area (Å²) < 4.78 is 0. The van der Waals surface area contributed by atoms with E-state index >= 15 is 0 Å². The number of hydrogen-bond acceptors (Lipinski definition) is 4. The Kier molecular flexibility index (Phi) is 3.92. The Morgan fingerprint density at radius 3 is 2.72 bits per heavy atom. The lowest BCUT2D eigenvalue weighted by molar-refractivity contribution is 0.644. The Morgan fingerprint density at radius 1 is 1.39 bits per heavy atom. The van der Waals surface area contributed by atoms with Crippen LogP contribution >= 0.6 is 24.0 Å². The molecule has 18 heavy (non-hydrogen) atoms. The van der Waals surface area contributed by atoms with Crippen LogP contribution in [-0.4, -0.2) is 22.7 Å². The van der Waals surface area contributed by atoms with Crippen LogP contribution in [0.25, 0.3) is 0 Å². The third-order valence-electron chi connectivity index (χ3n) is 2.81. The number of amidine groups is 1. The summed E-state index contributed by atoms with van der Waals surface area (Å²) in [5.74, 6) is 0.877. The van der Waals surface area contributed by atoms with Crippen LogP contribution < -0.4 is 10.6 Å². The Bertz CT molecular complexity index is 495. The molecule has 0 unspecified atom stereocenters. The predicted molar refractivity (Wildman–Crippen MR) is 84.5 cm³/mol. The fourth-order valence-electron chi connectivity index (χ4n) is 1.69. The molecule has 1 heterocycles. The Hall–Kier alpha value is -1.07. The van der Waals surface area contributed by atoms with E-state index in [1.54, 1.807) is 11.8 Å². The first-order valence-corrected chi connectivity index (χ1v) is 7.22. The molecule has 2 rings (SSSR count). The Balaban J connectivity index is 2.01. The fraction of sp³-hybridized carbons (Fsp3) is 0.385. The highest BCUT2D eigenvalue weighted by atomic mass is 32.2. The van der Waals surface area contributed by atoms with E-state index in [2.05, 4.69) is 33.8 Å². The molecule has 0 atom stereocenters. The number of nitrogens with one attached hydrogen (secondary N) is 2. The first-order chi connectivity index (χ1) is 8.53. The lowest BCUT2D eigenvalue weighted by atomic mass is 10.1. The smallest absolute Gasteiger partial charge is 0.163 e. The van der Waals surface area contributed by atoms with Crippen molar-refractivity contribution in [2.45, 2.75) is 25.1 Å². The van der Waals surface area contributed by atoms with Gasteiger partial charge in [-0.05, 0) is 25.5 Å². The molecule has 0 radical (unpaired) electrons. The highest BCUT2D eigenvalue weighted by Crippen LogP contribution is 2.24. The molecule has 0 spiro atoms. The molecule has 0 aromatic heterocycles. The molecule has 0 saturated heterocycles. The first-order valence-electron chi connectivity index (χ1n) is 5.83. The molecule has 5 heteroatoms. The minimum Gasteiger partial charge on any atom is -0.388 e. The van der Waals surface area contributed by atoms with Gasteiger partial charge < -0.3 is 10.6 Å². The van der Waals surface area contributed by atoms with Crippen molar-refractivity contribution in [3.05, 3.63) is 29.8 Å². The van der Waals surface area contributed by atoms with E-state index in [1.807, 2.05) is 27.0 Å². The molecule has 0 fully saturated rings. The Morgan fingerprint density at radius 2 is 2.11 bits per heavy atom. The van der Waals surface area contributed by atoms with Crippen molar-refractivity contribution in [1.82, 2.24) is 5.32 Å². The zero-order valence-electron chi connectivity index (χ0n) is 10.8. The summed E-state index contributed by atoms with van der Waals surface area (Å²) in [4.78, 5) is 5.12. The topological polar surface area (TPSA) is 36.4 Å². The zero-order valence-corrected chi connectivity index (χ0v) is 12.4. The van der Waals surface area contributed by atoms with Gasteiger partial charge in [0.25, 0.3) is 0 Å². The van der Waals surface area contributed by atoms with Gasteiger partial charge in [0.2, 0.25) is 0 Å². The monoisotopic (exact) mass is 279 g/mol. The molecule has 96 valence electrons. The maximum atomic E-state index is 5.24. The maximum absolute atomic E-state index is 5.24. The standard InChI is InChI=1S/C13H17N3S2/c1-13(2)11(17)15-12(16-13)18-8-9-6-4-5-7-10(9)14-3/h4-7,14H,8H2,1-3H3,(H,15,16,17). The summed E-state index contributed by atoms with van der Waals surface area (Å²) in [6.45, 7) is 4.10. The van der Waals surface area contributed by atoms with Crippen molar-refractivity contribution in [1.29, 1.82) is 0 Å². The highest BCUT2D eigenvalue weighted by Gasteiger charge is 2.30. The molecule has 3 nitrogen and oxygen atoms in total. The molecule has 1 aromatic rings. The molecule has 1 aromatic carbocycles. The van der Waals surface area contributed by atoms with E-state index in [4.69, 9.17) is 12.2 Å². The second kappa shape index (κ2) is 5.28. The molecule has 0 bridgehead atoms. The number of aliphatic imine (C=N–C) groups is 1. The number of nitrogens with zero attached hydrogens (tertiary/aromatic N) is 1. The second-order valence-corrected chi connectivity index (χ2v) is 6.02. The van der Waals surface area contributed by atoms with Gasteiger partial charge in [-0.15, -0.1) is 0 Å². The summed E-state index contributed by atoms with van der Waals surface area (Å²) >= 11 is 6.92. The van der Waals surface area contributed by atoms with Crippen LogP contribution in [0.1, 0.15) is 19.4 Å². The molecule has 1 aliphatic heterocycles. The third kappa shape index (κ3) is 2.84. The van der Waals surface area contributed by atoms with Gasteiger partial charge in [0.05, 0.1) is 5.54 Å². The number of anilines is 1. The van der Waals surface area contributed by atoms with Gasteiger partial charge in [-0.1, -0.05) is 42.2 Å². The Labute approximate surface area is 117 Å². The van der Waals surface area contributed by atoms with E-state index in [0.717, 1.165) is 21.6 Å². The zero-order chi connectivity index (χ0) is 13.2. The average Bonchev–Trinajstić information content (AvgIpc) is 2.61. The quantitative estimate of drug-likeness (QED) is 0.834. The molecular formula is C13H17N3S2. The van der Waals surface area contributed by atoms with Gasteiger partial charge in [0.1, 0.15) is 4.99 Å². The minimum atomic E-state index is -0.194. The van der Waals surface area contributed by atoms with Gasteiger partial charge in [-0.3, -0.25) is 0 Å². The van der Waals surface area contributed by atoms with Gasteiger partial charge in [0.15, 0.2) is 5.17 Å². The van der Waals surface area contributed by atoms with E-state index in [9.17, 15) is 0 Å². The average molecular weight is 279 g/mol. The molecule has 1 aliphatic rings. The van der Waals surface area contributed by atoms with Gasteiger partial charge in [0, 0.05) is 18.5 Å². The van der Waals surface area contributed by atoms with E-state index in [-0.39, 0.29) is 5.54 Å². The number of rotatable bonds is 3. The molecule has 0 amide bonds. The lowest BCUT2D eigenvalue weighted by Gasteiger charge is -2.18. The molecule has 0 saturated carbocycles. The number of para-hydroxylation sites is 1. The molecule has 0 aliphatic carbocycles. The van der Waals surface area contributed by atoms with Crippen LogP contribution in [0.15, 0.2) is 29.3 Å². The number of thioether (sulfide) groups is 1. The van der Waals surface area contributed by atoms with Crippen LogP contribution in [-0.2, 0) is 5.75 Å². The van der Waals surface area contributed by atoms with E-state index < -0.39 is 0 Å². The minimum absolute atomic E-state index is 0.194. The summed E-state index contributed by atoms with van der Waals surface area (Å²) in [7, 11) is 1.94. The maximum Gasteiger partial charge on any atom is 0.163 e. The van der Waals surface area contributed by atoms with Gasteiger partial charge in [-0.2, -0.15) is 0 Å². The van der Waals surface area contributed by atoms with Crippen LogP contribution in [0.3, 0.4) is 0 Å². The number of hydrogen-bond donors (Lipinski definition) is 2. The first kappa shape index (κ1) is 13.4. The molecular weight excluding hydrogens is 262 g/mol. The van der Waals surface area contributed by atoms with E-state index in [1.165, 1.54) is 5.56 Å². The van der Waals surface area contributed by atoms with Crippen molar-refractivity contribution in [2.75, 3.05) is 12.4 Å². The van der Waals surface area contributed by atoms with Gasteiger partial charge >= 0.3 is 0 Å². The normalized spacial score (nSPS) is 17.3. The van der Waals surface area contributed by atoms with Crippen molar-refractivity contribution in [3.8, 4) is 0 Å². The van der Waals surface area contributed by atoms with Crippen molar-refractivity contribution >= 4 is 39.8 Å². The second-order valence-electron chi connectivity index (χ2n) is 4.67.